The molecular weight excluding hydrogens is 264 g/mol. The fourth-order valence-electron chi connectivity index (χ4n) is 1.80. The van der Waals surface area contributed by atoms with Crippen LogP contribution >= 0.6 is 0 Å². The molecule has 1 aromatic carbocycles. The molecule has 3 N–H and O–H groups in total. The first-order valence-electron chi connectivity index (χ1n) is 6.37. The van der Waals surface area contributed by atoms with Crippen molar-refractivity contribution in [2.75, 3.05) is 7.11 Å². The van der Waals surface area contributed by atoms with Crippen molar-refractivity contribution < 1.29 is 13.2 Å². The molecule has 0 fully saturated rings. The minimum Gasteiger partial charge on any atom is -0.495 e. The van der Waals surface area contributed by atoms with Crippen molar-refractivity contribution in [1.29, 1.82) is 0 Å². The van der Waals surface area contributed by atoms with E-state index < -0.39 is 10.0 Å². The molecule has 5 nitrogen and oxygen atoms in total. The Balaban J connectivity index is 3.13. The van der Waals surface area contributed by atoms with E-state index in [1.54, 1.807) is 12.1 Å². The maximum Gasteiger partial charge on any atom is 0.244 e. The highest BCUT2D eigenvalue weighted by Crippen LogP contribution is 2.25. The molecule has 0 aliphatic heterocycles. The Hall–Kier alpha value is -1.11. The molecule has 0 aliphatic carbocycles. The van der Waals surface area contributed by atoms with Crippen LogP contribution in [0.2, 0.25) is 0 Å². The molecule has 0 spiro atoms. The van der Waals surface area contributed by atoms with E-state index in [4.69, 9.17) is 10.5 Å². The molecule has 19 heavy (non-hydrogen) atoms. The Labute approximate surface area is 115 Å². The molecule has 0 amide bonds. The molecule has 0 bridgehead atoms. The Bertz CT molecular complexity index is 511. The first kappa shape index (κ1) is 15.9. The minimum atomic E-state index is -3.57. The second-order valence-electron chi connectivity index (χ2n) is 4.32. The van der Waals surface area contributed by atoms with E-state index in [0.29, 0.717) is 12.3 Å². The molecule has 6 heteroatoms. The van der Waals surface area contributed by atoms with Crippen LogP contribution in [0.1, 0.15) is 32.3 Å². The van der Waals surface area contributed by atoms with E-state index in [9.17, 15) is 8.42 Å². The van der Waals surface area contributed by atoms with E-state index in [2.05, 4.69) is 4.72 Å². The summed E-state index contributed by atoms with van der Waals surface area (Å²) in [6.45, 7) is 4.24. The number of nitrogens with one attached hydrogen (secondary N) is 1. The third kappa shape index (κ3) is 3.92. The van der Waals surface area contributed by atoms with Gasteiger partial charge in [0.2, 0.25) is 10.0 Å². The zero-order chi connectivity index (χ0) is 14.5. The average molecular weight is 286 g/mol. The lowest BCUT2D eigenvalue weighted by atomic mass is 10.2. The number of methoxy groups -OCH3 is 1. The van der Waals surface area contributed by atoms with E-state index >= 15 is 0 Å². The summed E-state index contributed by atoms with van der Waals surface area (Å²) in [5.41, 5.74) is 6.37. The van der Waals surface area contributed by atoms with Gasteiger partial charge in [-0.25, -0.2) is 13.1 Å². The van der Waals surface area contributed by atoms with Gasteiger partial charge in [0.05, 0.1) is 7.11 Å². The Kier molecular flexibility index (Phi) is 5.78. The molecule has 0 aromatic heterocycles. The van der Waals surface area contributed by atoms with Gasteiger partial charge in [-0.3, -0.25) is 0 Å². The fraction of sp³-hybridized carbons (Fsp3) is 0.538. The number of hydrogen-bond donors (Lipinski definition) is 2. The second kappa shape index (κ2) is 6.88. The SMILES string of the molecule is CCC(CC)NS(=O)(=O)c1ccc(CN)cc1OC. The average Bonchev–Trinajstić information content (AvgIpc) is 2.43. The van der Waals surface area contributed by atoms with Crippen molar-refractivity contribution in [1.82, 2.24) is 4.72 Å². The van der Waals surface area contributed by atoms with Crippen LogP contribution in [-0.2, 0) is 16.6 Å². The van der Waals surface area contributed by atoms with Crippen molar-refractivity contribution in [3.05, 3.63) is 23.8 Å². The smallest absolute Gasteiger partial charge is 0.244 e. The largest absolute Gasteiger partial charge is 0.495 e. The van der Waals surface area contributed by atoms with Crippen molar-refractivity contribution in [2.45, 2.75) is 44.2 Å². The first-order chi connectivity index (χ1) is 8.98. The number of sulfonamides is 1. The van der Waals surface area contributed by atoms with E-state index in [1.807, 2.05) is 13.8 Å². The van der Waals surface area contributed by atoms with Gasteiger partial charge in [0.1, 0.15) is 10.6 Å². The summed E-state index contributed by atoms with van der Waals surface area (Å²) in [7, 11) is -2.12. The van der Waals surface area contributed by atoms with Gasteiger partial charge in [-0.2, -0.15) is 0 Å². The zero-order valence-corrected chi connectivity index (χ0v) is 12.5. The molecule has 0 saturated heterocycles. The van der Waals surface area contributed by atoms with Crippen LogP contribution < -0.4 is 15.2 Å². The van der Waals surface area contributed by atoms with Crippen LogP contribution in [0.3, 0.4) is 0 Å². The number of hydrogen-bond acceptors (Lipinski definition) is 4. The summed E-state index contributed by atoms with van der Waals surface area (Å²) < 4.78 is 32.5. The standard InChI is InChI=1S/C13H22N2O3S/c1-4-11(5-2)15-19(16,17)13-7-6-10(9-14)8-12(13)18-3/h6-8,11,15H,4-5,9,14H2,1-3H3. The lowest BCUT2D eigenvalue weighted by Gasteiger charge is -2.17. The Morgan fingerprint density at radius 2 is 1.95 bits per heavy atom. The molecule has 1 rings (SSSR count). The third-order valence-corrected chi connectivity index (χ3v) is 4.62. The van der Waals surface area contributed by atoms with Crippen LogP contribution in [0.5, 0.6) is 5.75 Å². The molecule has 0 atom stereocenters. The maximum absolute atomic E-state index is 12.3. The highest BCUT2D eigenvalue weighted by atomic mass is 32.2. The summed E-state index contributed by atoms with van der Waals surface area (Å²) in [5, 5.41) is 0. The third-order valence-electron chi connectivity index (χ3n) is 3.06. The summed E-state index contributed by atoms with van der Waals surface area (Å²) in [6, 6.07) is 4.82. The molecule has 0 radical (unpaired) electrons. The fourth-order valence-corrected chi connectivity index (χ4v) is 3.35. The van der Waals surface area contributed by atoms with Crippen LogP contribution in [0.4, 0.5) is 0 Å². The number of benzene rings is 1. The number of rotatable bonds is 7. The van der Waals surface area contributed by atoms with Gasteiger partial charge < -0.3 is 10.5 Å². The van der Waals surface area contributed by atoms with Crippen LogP contribution in [0, 0.1) is 0 Å². The maximum atomic E-state index is 12.3. The molecule has 1 aromatic rings. The lowest BCUT2D eigenvalue weighted by molar-refractivity contribution is 0.401. The zero-order valence-electron chi connectivity index (χ0n) is 11.6. The van der Waals surface area contributed by atoms with Gasteiger partial charge in [0, 0.05) is 12.6 Å². The second-order valence-corrected chi connectivity index (χ2v) is 6.01. The number of ether oxygens (including phenoxy) is 1. The topological polar surface area (TPSA) is 81.4 Å². The van der Waals surface area contributed by atoms with Crippen LogP contribution in [0.15, 0.2) is 23.1 Å². The van der Waals surface area contributed by atoms with Crippen molar-refractivity contribution in [3.8, 4) is 5.75 Å². The van der Waals surface area contributed by atoms with Gasteiger partial charge in [0.25, 0.3) is 0 Å². The summed E-state index contributed by atoms with van der Waals surface area (Å²) in [5.74, 6) is 0.321. The molecule has 0 heterocycles. The minimum absolute atomic E-state index is 0.0658. The first-order valence-corrected chi connectivity index (χ1v) is 7.86. The Morgan fingerprint density at radius 3 is 2.42 bits per heavy atom. The summed E-state index contributed by atoms with van der Waals surface area (Å²) >= 11 is 0. The van der Waals surface area contributed by atoms with Gasteiger partial charge in [0.15, 0.2) is 0 Å². The van der Waals surface area contributed by atoms with E-state index in [-0.39, 0.29) is 10.9 Å². The van der Waals surface area contributed by atoms with Gasteiger partial charge in [-0.05, 0) is 30.5 Å². The van der Waals surface area contributed by atoms with Crippen LogP contribution in [-0.4, -0.2) is 21.6 Å². The highest BCUT2D eigenvalue weighted by molar-refractivity contribution is 7.89. The molecule has 0 saturated carbocycles. The van der Waals surface area contributed by atoms with Gasteiger partial charge >= 0.3 is 0 Å². The van der Waals surface area contributed by atoms with Crippen LogP contribution in [0.25, 0.3) is 0 Å². The van der Waals surface area contributed by atoms with Crippen molar-refractivity contribution in [2.24, 2.45) is 5.73 Å². The van der Waals surface area contributed by atoms with Gasteiger partial charge in [-0.1, -0.05) is 19.9 Å². The highest BCUT2D eigenvalue weighted by Gasteiger charge is 2.22. The molecule has 0 unspecified atom stereocenters. The van der Waals surface area contributed by atoms with Gasteiger partial charge in [-0.15, -0.1) is 0 Å². The predicted molar refractivity (Wildman–Crippen MR) is 75.6 cm³/mol. The molecule has 0 aliphatic rings. The molecular formula is C13H22N2O3S. The van der Waals surface area contributed by atoms with E-state index in [0.717, 1.165) is 18.4 Å². The Morgan fingerprint density at radius 1 is 1.32 bits per heavy atom. The monoisotopic (exact) mass is 286 g/mol. The van der Waals surface area contributed by atoms with Crippen molar-refractivity contribution in [3.63, 3.8) is 0 Å². The predicted octanol–water partition coefficient (Wildman–Crippen LogP) is 1.62. The summed E-state index contributed by atoms with van der Waals surface area (Å²) in [4.78, 5) is 0.152. The van der Waals surface area contributed by atoms with E-state index in [1.165, 1.54) is 13.2 Å². The number of nitrogens with two attached hydrogens (primary N) is 1. The normalized spacial score (nSPS) is 11.8. The quantitative estimate of drug-likeness (QED) is 0.798. The lowest BCUT2D eigenvalue weighted by Crippen LogP contribution is -2.34. The van der Waals surface area contributed by atoms with Crippen molar-refractivity contribution >= 4 is 10.0 Å². The summed E-state index contributed by atoms with van der Waals surface area (Å²) in [6.07, 6.45) is 1.50. The molecule has 108 valence electrons.